The zero-order valence-corrected chi connectivity index (χ0v) is 12.2. The van der Waals surface area contributed by atoms with Gasteiger partial charge in [0.2, 0.25) is 0 Å². The van der Waals surface area contributed by atoms with E-state index in [2.05, 4.69) is 46.0 Å². The lowest BCUT2D eigenvalue weighted by Gasteiger charge is -2.16. The second-order valence-corrected chi connectivity index (χ2v) is 6.54. The van der Waals surface area contributed by atoms with E-state index in [1.165, 1.54) is 37.9 Å². The Morgan fingerprint density at radius 2 is 2.00 bits per heavy atom. The lowest BCUT2D eigenvalue weighted by molar-refractivity contribution is 0.377. The van der Waals surface area contributed by atoms with Gasteiger partial charge in [-0.1, -0.05) is 6.07 Å². The quantitative estimate of drug-likeness (QED) is 0.873. The maximum absolute atomic E-state index is 4.63. The van der Waals surface area contributed by atoms with Crippen LogP contribution in [0.25, 0.3) is 5.65 Å². The van der Waals surface area contributed by atoms with E-state index in [9.17, 15) is 0 Å². The number of fused-ring (bicyclic) bond motifs is 1. The standard InChI is InChI=1S/C17H23N3/c1-12-16(20-9-3-2-4-17(20)19-12)11-18-10-15(13-5-6-13)14-7-8-14/h2-4,9,13-15,18H,5-8,10-11H2,1H3. The SMILES string of the molecule is Cc1nc2ccccn2c1CNCC(C1CC1)C1CC1. The van der Waals surface area contributed by atoms with Crippen molar-refractivity contribution < 1.29 is 0 Å². The molecule has 0 amide bonds. The van der Waals surface area contributed by atoms with Crippen LogP contribution in [0.15, 0.2) is 24.4 Å². The Labute approximate surface area is 120 Å². The predicted octanol–water partition coefficient (Wildman–Crippen LogP) is 3.17. The van der Waals surface area contributed by atoms with Gasteiger partial charge in [-0.2, -0.15) is 0 Å². The molecule has 2 aromatic heterocycles. The maximum Gasteiger partial charge on any atom is 0.137 e. The molecule has 0 bridgehead atoms. The summed E-state index contributed by atoms with van der Waals surface area (Å²) in [5, 5.41) is 3.70. The van der Waals surface area contributed by atoms with Crippen molar-refractivity contribution in [2.45, 2.75) is 39.2 Å². The van der Waals surface area contributed by atoms with E-state index in [1.807, 2.05) is 0 Å². The lowest BCUT2D eigenvalue weighted by atomic mass is 9.98. The van der Waals surface area contributed by atoms with Crippen molar-refractivity contribution in [2.75, 3.05) is 6.54 Å². The number of aromatic nitrogens is 2. The van der Waals surface area contributed by atoms with Crippen molar-refractivity contribution in [3.63, 3.8) is 0 Å². The van der Waals surface area contributed by atoms with Gasteiger partial charge in [0.05, 0.1) is 11.4 Å². The lowest BCUT2D eigenvalue weighted by Crippen LogP contribution is -2.26. The van der Waals surface area contributed by atoms with Crippen molar-refractivity contribution in [1.82, 2.24) is 14.7 Å². The minimum absolute atomic E-state index is 0.937. The van der Waals surface area contributed by atoms with E-state index >= 15 is 0 Å². The molecule has 2 aromatic rings. The molecule has 0 aliphatic heterocycles. The number of hydrogen-bond donors (Lipinski definition) is 1. The van der Waals surface area contributed by atoms with Crippen LogP contribution in [0.3, 0.4) is 0 Å². The zero-order chi connectivity index (χ0) is 13.5. The number of rotatable bonds is 6. The van der Waals surface area contributed by atoms with Gasteiger partial charge in [0.15, 0.2) is 0 Å². The third-order valence-electron chi connectivity index (χ3n) is 4.96. The number of hydrogen-bond acceptors (Lipinski definition) is 2. The van der Waals surface area contributed by atoms with Crippen molar-refractivity contribution in [3.05, 3.63) is 35.8 Å². The summed E-state index contributed by atoms with van der Waals surface area (Å²) in [4.78, 5) is 4.63. The second kappa shape index (κ2) is 4.88. The van der Waals surface area contributed by atoms with Crippen LogP contribution in [0, 0.1) is 24.7 Å². The largest absolute Gasteiger partial charge is 0.311 e. The molecule has 3 heteroatoms. The highest BCUT2D eigenvalue weighted by Crippen LogP contribution is 2.48. The highest BCUT2D eigenvalue weighted by Gasteiger charge is 2.40. The Hall–Kier alpha value is -1.35. The number of nitrogens with zero attached hydrogens (tertiary/aromatic N) is 2. The topological polar surface area (TPSA) is 29.3 Å². The first kappa shape index (κ1) is 12.4. The van der Waals surface area contributed by atoms with Crippen molar-refractivity contribution >= 4 is 5.65 Å². The molecule has 3 nitrogen and oxygen atoms in total. The summed E-state index contributed by atoms with van der Waals surface area (Å²) in [7, 11) is 0. The fraction of sp³-hybridized carbons (Fsp3) is 0.588. The fourth-order valence-electron chi connectivity index (χ4n) is 3.50. The van der Waals surface area contributed by atoms with E-state index in [0.29, 0.717) is 0 Å². The van der Waals surface area contributed by atoms with Crippen LogP contribution in [0.2, 0.25) is 0 Å². The Morgan fingerprint density at radius 1 is 1.25 bits per heavy atom. The summed E-state index contributed by atoms with van der Waals surface area (Å²) in [6.07, 6.45) is 8.00. The molecule has 20 heavy (non-hydrogen) atoms. The monoisotopic (exact) mass is 269 g/mol. The molecule has 2 aliphatic rings. The van der Waals surface area contributed by atoms with Gasteiger partial charge in [-0.3, -0.25) is 0 Å². The summed E-state index contributed by atoms with van der Waals surface area (Å²) in [6, 6.07) is 6.21. The van der Waals surface area contributed by atoms with Gasteiger partial charge in [-0.05, 0) is 69.0 Å². The molecule has 106 valence electrons. The number of nitrogens with one attached hydrogen (secondary N) is 1. The predicted molar refractivity (Wildman–Crippen MR) is 80.6 cm³/mol. The van der Waals surface area contributed by atoms with Gasteiger partial charge < -0.3 is 9.72 Å². The molecule has 0 unspecified atom stereocenters. The van der Waals surface area contributed by atoms with Gasteiger partial charge in [0.25, 0.3) is 0 Å². The van der Waals surface area contributed by atoms with E-state index < -0.39 is 0 Å². The molecule has 2 heterocycles. The molecule has 2 fully saturated rings. The molecular formula is C17H23N3. The van der Waals surface area contributed by atoms with Crippen LogP contribution >= 0.6 is 0 Å². The summed E-state index contributed by atoms with van der Waals surface area (Å²) < 4.78 is 2.21. The second-order valence-electron chi connectivity index (χ2n) is 6.54. The third kappa shape index (κ3) is 2.35. The van der Waals surface area contributed by atoms with E-state index in [1.54, 1.807) is 0 Å². The molecule has 0 radical (unpaired) electrons. The Bertz CT molecular complexity index is 596. The van der Waals surface area contributed by atoms with Gasteiger partial charge >= 0.3 is 0 Å². The minimum atomic E-state index is 0.937. The summed E-state index contributed by atoms with van der Waals surface area (Å²) in [6.45, 7) is 4.24. The molecule has 0 aromatic carbocycles. The smallest absolute Gasteiger partial charge is 0.137 e. The molecule has 2 aliphatic carbocycles. The number of pyridine rings is 1. The molecule has 0 spiro atoms. The summed E-state index contributed by atoms with van der Waals surface area (Å²) in [5.74, 6) is 2.99. The number of aryl methyl sites for hydroxylation is 1. The van der Waals surface area contributed by atoms with Crippen molar-refractivity contribution in [3.8, 4) is 0 Å². The molecular weight excluding hydrogens is 246 g/mol. The van der Waals surface area contributed by atoms with Gasteiger partial charge in [-0.25, -0.2) is 4.98 Å². The maximum atomic E-state index is 4.63. The number of imidazole rings is 1. The Morgan fingerprint density at radius 3 is 2.70 bits per heavy atom. The first-order valence-corrected chi connectivity index (χ1v) is 7.96. The van der Waals surface area contributed by atoms with Crippen molar-refractivity contribution in [2.24, 2.45) is 17.8 Å². The van der Waals surface area contributed by atoms with Gasteiger partial charge in [0.1, 0.15) is 5.65 Å². The third-order valence-corrected chi connectivity index (χ3v) is 4.96. The highest BCUT2D eigenvalue weighted by molar-refractivity contribution is 5.42. The van der Waals surface area contributed by atoms with Gasteiger partial charge in [-0.15, -0.1) is 0 Å². The molecule has 0 atom stereocenters. The van der Waals surface area contributed by atoms with E-state index in [-0.39, 0.29) is 0 Å². The van der Waals surface area contributed by atoms with Crippen LogP contribution < -0.4 is 5.32 Å². The van der Waals surface area contributed by atoms with Crippen molar-refractivity contribution in [1.29, 1.82) is 0 Å². The highest BCUT2D eigenvalue weighted by atomic mass is 15.0. The van der Waals surface area contributed by atoms with E-state index in [0.717, 1.165) is 35.6 Å². The first-order chi connectivity index (χ1) is 9.83. The molecule has 4 rings (SSSR count). The van der Waals surface area contributed by atoms with E-state index in [4.69, 9.17) is 0 Å². The molecule has 2 saturated carbocycles. The average Bonchev–Trinajstić information content (AvgIpc) is 3.34. The van der Waals surface area contributed by atoms with Crippen LogP contribution in [-0.4, -0.2) is 15.9 Å². The minimum Gasteiger partial charge on any atom is -0.311 e. The normalized spacial score (nSPS) is 19.1. The van der Waals surface area contributed by atoms with Crippen LogP contribution in [0.1, 0.15) is 37.1 Å². The summed E-state index contributed by atoms with van der Waals surface area (Å²) in [5.41, 5.74) is 3.52. The average molecular weight is 269 g/mol. The Balaban J connectivity index is 1.43. The van der Waals surface area contributed by atoms with Crippen LogP contribution in [-0.2, 0) is 6.54 Å². The zero-order valence-electron chi connectivity index (χ0n) is 12.2. The van der Waals surface area contributed by atoms with Gasteiger partial charge in [0, 0.05) is 12.7 Å². The molecule has 0 saturated heterocycles. The fourth-order valence-corrected chi connectivity index (χ4v) is 3.50. The van der Waals surface area contributed by atoms with Crippen LogP contribution in [0.5, 0.6) is 0 Å². The first-order valence-electron chi connectivity index (χ1n) is 7.96. The Kier molecular flexibility index (Phi) is 3.03. The summed E-state index contributed by atoms with van der Waals surface area (Å²) >= 11 is 0. The van der Waals surface area contributed by atoms with Crippen LogP contribution in [0.4, 0.5) is 0 Å². The molecule has 1 N–H and O–H groups in total.